The standard InChI is InChI=1S/C10H18N2O4S/c13-10(9-3-1-7-16-9)11-4-6-12-5-2-8-17(12,14)15/h9H,1-8H2,(H,11,13). The number of sulfonamides is 1. The second-order valence-electron chi connectivity index (χ2n) is 4.36. The fraction of sp³-hybridized carbons (Fsp3) is 0.900. The van der Waals surface area contributed by atoms with E-state index in [2.05, 4.69) is 5.32 Å². The number of nitrogens with zero attached hydrogens (tertiary/aromatic N) is 1. The molecule has 2 saturated heterocycles. The van der Waals surface area contributed by atoms with Crippen molar-refractivity contribution >= 4 is 15.9 Å². The van der Waals surface area contributed by atoms with Crippen molar-refractivity contribution in [1.82, 2.24) is 9.62 Å². The van der Waals surface area contributed by atoms with Crippen LogP contribution in [0.15, 0.2) is 0 Å². The molecule has 2 rings (SSSR count). The van der Waals surface area contributed by atoms with Gasteiger partial charge in [-0.15, -0.1) is 0 Å². The van der Waals surface area contributed by atoms with Crippen LogP contribution in [-0.4, -0.2) is 56.7 Å². The van der Waals surface area contributed by atoms with Gasteiger partial charge >= 0.3 is 0 Å². The molecular formula is C10H18N2O4S. The van der Waals surface area contributed by atoms with Gasteiger partial charge < -0.3 is 10.1 Å². The fourth-order valence-corrected chi connectivity index (χ4v) is 3.67. The van der Waals surface area contributed by atoms with Gasteiger partial charge in [0.25, 0.3) is 0 Å². The molecule has 0 bridgehead atoms. The molecule has 0 radical (unpaired) electrons. The average Bonchev–Trinajstić information content (AvgIpc) is 2.88. The number of nitrogens with one attached hydrogen (secondary N) is 1. The maximum atomic E-state index is 11.6. The molecule has 1 amide bonds. The summed E-state index contributed by atoms with van der Waals surface area (Å²) < 4.78 is 29.6. The van der Waals surface area contributed by atoms with E-state index in [0.717, 1.165) is 12.8 Å². The van der Waals surface area contributed by atoms with Crippen molar-refractivity contribution in [2.75, 3.05) is 32.0 Å². The molecule has 0 aromatic carbocycles. The van der Waals surface area contributed by atoms with Crippen LogP contribution in [0.25, 0.3) is 0 Å². The summed E-state index contributed by atoms with van der Waals surface area (Å²) in [5.41, 5.74) is 0. The van der Waals surface area contributed by atoms with Crippen LogP contribution in [0.1, 0.15) is 19.3 Å². The molecule has 1 atom stereocenters. The molecule has 0 aromatic heterocycles. The van der Waals surface area contributed by atoms with Crippen molar-refractivity contribution in [2.24, 2.45) is 0 Å². The highest BCUT2D eigenvalue weighted by molar-refractivity contribution is 7.89. The zero-order valence-corrected chi connectivity index (χ0v) is 10.5. The van der Waals surface area contributed by atoms with Crippen molar-refractivity contribution in [1.29, 1.82) is 0 Å². The van der Waals surface area contributed by atoms with Gasteiger partial charge in [0.1, 0.15) is 6.10 Å². The molecule has 98 valence electrons. The Labute approximate surface area is 101 Å². The summed E-state index contributed by atoms with van der Waals surface area (Å²) in [7, 11) is -3.05. The maximum Gasteiger partial charge on any atom is 0.249 e. The molecule has 1 N–H and O–H groups in total. The van der Waals surface area contributed by atoms with E-state index in [1.54, 1.807) is 0 Å². The number of ether oxygens (including phenoxy) is 1. The number of hydrogen-bond donors (Lipinski definition) is 1. The van der Waals surface area contributed by atoms with E-state index in [1.807, 2.05) is 0 Å². The molecule has 6 nitrogen and oxygen atoms in total. The van der Waals surface area contributed by atoms with E-state index in [1.165, 1.54) is 4.31 Å². The van der Waals surface area contributed by atoms with E-state index >= 15 is 0 Å². The first kappa shape index (κ1) is 12.8. The summed E-state index contributed by atoms with van der Waals surface area (Å²) in [6.07, 6.45) is 2.01. The van der Waals surface area contributed by atoms with Crippen LogP contribution < -0.4 is 5.32 Å². The SMILES string of the molecule is O=C(NCCN1CCCS1(=O)=O)C1CCCO1. The lowest BCUT2D eigenvalue weighted by Crippen LogP contribution is -2.40. The van der Waals surface area contributed by atoms with Crippen LogP contribution in [0.5, 0.6) is 0 Å². The van der Waals surface area contributed by atoms with Gasteiger partial charge in [0.2, 0.25) is 15.9 Å². The summed E-state index contributed by atoms with van der Waals surface area (Å²) >= 11 is 0. The normalized spacial score (nSPS) is 28.4. The Morgan fingerprint density at radius 3 is 2.82 bits per heavy atom. The summed E-state index contributed by atoms with van der Waals surface area (Å²) in [5.74, 6) is 0.103. The lowest BCUT2D eigenvalue weighted by molar-refractivity contribution is -0.130. The number of rotatable bonds is 4. The minimum absolute atomic E-state index is 0.126. The highest BCUT2D eigenvalue weighted by atomic mass is 32.2. The third-order valence-electron chi connectivity index (χ3n) is 3.09. The molecule has 0 spiro atoms. The molecule has 0 saturated carbocycles. The van der Waals surface area contributed by atoms with Crippen LogP contribution in [0, 0.1) is 0 Å². The van der Waals surface area contributed by atoms with Crippen LogP contribution in [0.4, 0.5) is 0 Å². The Hall–Kier alpha value is -0.660. The van der Waals surface area contributed by atoms with Gasteiger partial charge in [-0.2, -0.15) is 0 Å². The first-order chi connectivity index (χ1) is 8.09. The average molecular weight is 262 g/mol. The third-order valence-corrected chi connectivity index (χ3v) is 5.04. The first-order valence-electron chi connectivity index (χ1n) is 5.97. The Balaban J connectivity index is 1.70. The van der Waals surface area contributed by atoms with Crippen molar-refractivity contribution in [3.63, 3.8) is 0 Å². The maximum absolute atomic E-state index is 11.6. The van der Waals surface area contributed by atoms with Crippen molar-refractivity contribution in [3.8, 4) is 0 Å². The Kier molecular flexibility index (Phi) is 4.01. The van der Waals surface area contributed by atoms with Gasteiger partial charge in [0.05, 0.1) is 5.75 Å². The van der Waals surface area contributed by atoms with Gasteiger partial charge in [0, 0.05) is 26.2 Å². The number of carbonyl (C=O) groups is 1. The second kappa shape index (κ2) is 5.32. The summed E-state index contributed by atoms with van der Waals surface area (Å²) in [6.45, 7) is 1.93. The second-order valence-corrected chi connectivity index (χ2v) is 6.45. The fourth-order valence-electron chi connectivity index (χ4n) is 2.14. The lowest BCUT2D eigenvalue weighted by atomic mass is 10.2. The van der Waals surface area contributed by atoms with Crippen molar-refractivity contribution in [3.05, 3.63) is 0 Å². The zero-order valence-electron chi connectivity index (χ0n) is 9.72. The van der Waals surface area contributed by atoms with Gasteiger partial charge in [-0.3, -0.25) is 4.79 Å². The predicted octanol–water partition coefficient (Wildman–Crippen LogP) is -0.683. The number of amides is 1. The highest BCUT2D eigenvalue weighted by Gasteiger charge is 2.28. The Morgan fingerprint density at radius 2 is 2.24 bits per heavy atom. The minimum Gasteiger partial charge on any atom is -0.368 e. The molecule has 7 heteroatoms. The molecule has 2 aliphatic rings. The zero-order chi connectivity index (χ0) is 12.3. The van der Waals surface area contributed by atoms with Crippen LogP contribution >= 0.6 is 0 Å². The monoisotopic (exact) mass is 262 g/mol. The number of carbonyl (C=O) groups excluding carboxylic acids is 1. The molecule has 0 aromatic rings. The molecule has 2 fully saturated rings. The molecular weight excluding hydrogens is 244 g/mol. The largest absolute Gasteiger partial charge is 0.368 e. The Bertz CT molecular complexity index is 376. The summed E-state index contributed by atoms with van der Waals surface area (Å²) in [4.78, 5) is 11.6. The quantitative estimate of drug-likeness (QED) is 0.728. The Morgan fingerprint density at radius 1 is 1.41 bits per heavy atom. The van der Waals surface area contributed by atoms with Gasteiger partial charge in [-0.05, 0) is 19.3 Å². The first-order valence-corrected chi connectivity index (χ1v) is 7.58. The van der Waals surface area contributed by atoms with E-state index < -0.39 is 10.0 Å². The molecule has 1 unspecified atom stereocenters. The van der Waals surface area contributed by atoms with Gasteiger partial charge in [-0.1, -0.05) is 0 Å². The van der Waals surface area contributed by atoms with E-state index in [4.69, 9.17) is 4.74 Å². The molecule has 0 aliphatic carbocycles. The van der Waals surface area contributed by atoms with E-state index in [9.17, 15) is 13.2 Å². The molecule has 2 heterocycles. The predicted molar refractivity (Wildman–Crippen MR) is 62.0 cm³/mol. The van der Waals surface area contributed by atoms with Crippen LogP contribution in [-0.2, 0) is 19.6 Å². The van der Waals surface area contributed by atoms with E-state index in [0.29, 0.717) is 32.7 Å². The third kappa shape index (κ3) is 3.17. The topological polar surface area (TPSA) is 75.7 Å². The van der Waals surface area contributed by atoms with Gasteiger partial charge in [-0.25, -0.2) is 12.7 Å². The minimum atomic E-state index is -3.05. The lowest BCUT2D eigenvalue weighted by Gasteiger charge is -2.15. The summed E-state index contributed by atoms with van der Waals surface area (Å²) in [6, 6.07) is 0. The number of hydrogen-bond acceptors (Lipinski definition) is 4. The molecule has 2 aliphatic heterocycles. The smallest absolute Gasteiger partial charge is 0.249 e. The van der Waals surface area contributed by atoms with Crippen molar-refractivity contribution in [2.45, 2.75) is 25.4 Å². The van der Waals surface area contributed by atoms with E-state index in [-0.39, 0.29) is 17.8 Å². The summed E-state index contributed by atoms with van der Waals surface area (Å²) in [5, 5.41) is 2.72. The van der Waals surface area contributed by atoms with Crippen LogP contribution in [0.3, 0.4) is 0 Å². The van der Waals surface area contributed by atoms with Gasteiger partial charge in [0.15, 0.2) is 0 Å². The van der Waals surface area contributed by atoms with Crippen molar-refractivity contribution < 1.29 is 17.9 Å². The molecule has 17 heavy (non-hydrogen) atoms. The highest BCUT2D eigenvalue weighted by Crippen LogP contribution is 2.13. The van der Waals surface area contributed by atoms with Crippen LogP contribution in [0.2, 0.25) is 0 Å².